The second kappa shape index (κ2) is 13.3. The molecule has 0 aliphatic carbocycles. The first-order valence-corrected chi connectivity index (χ1v) is 11.5. The first kappa shape index (κ1) is 27.5. The summed E-state index contributed by atoms with van der Waals surface area (Å²) >= 11 is 5.98. The van der Waals surface area contributed by atoms with Crippen LogP contribution in [0, 0.1) is 5.82 Å². The van der Waals surface area contributed by atoms with Crippen LogP contribution in [0.2, 0.25) is 5.02 Å². The third-order valence-corrected chi connectivity index (χ3v) is 5.80. The second-order valence-electron chi connectivity index (χ2n) is 8.00. The van der Waals surface area contributed by atoms with Crippen LogP contribution in [-0.2, 0) is 22.7 Å². The summed E-state index contributed by atoms with van der Waals surface area (Å²) in [5.74, 6) is -1.06. The van der Waals surface area contributed by atoms with Crippen molar-refractivity contribution in [2.45, 2.75) is 32.5 Å². The van der Waals surface area contributed by atoms with Gasteiger partial charge in [-0.25, -0.2) is 28.9 Å². The number of hydroxylamine groups is 1. The number of alkyl halides is 2. The van der Waals surface area contributed by atoms with Crippen molar-refractivity contribution in [2.75, 3.05) is 19.7 Å². The second-order valence-corrected chi connectivity index (χ2v) is 8.38. The van der Waals surface area contributed by atoms with Crippen LogP contribution in [0.1, 0.15) is 23.6 Å². The average molecular weight is 526 g/mol. The van der Waals surface area contributed by atoms with E-state index in [2.05, 4.69) is 16.2 Å². The molecule has 2 aromatic carbocycles. The van der Waals surface area contributed by atoms with Crippen molar-refractivity contribution in [3.8, 4) is 0 Å². The molecule has 8 nitrogen and oxygen atoms in total. The molecule has 0 fully saturated rings. The van der Waals surface area contributed by atoms with Crippen molar-refractivity contribution >= 4 is 29.6 Å². The van der Waals surface area contributed by atoms with E-state index in [4.69, 9.17) is 16.4 Å². The Hall–Kier alpha value is -3.12. The van der Waals surface area contributed by atoms with Gasteiger partial charge in [0.05, 0.1) is 30.8 Å². The molecule has 3 amide bonds. The van der Waals surface area contributed by atoms with Crippen LogP contribution in [0.5, 0.6) is 0 Å². The Bertz CT molecular complexity index is 1090. The number of carbonyl (C=O) groups excluding carboxylic acids is 2. The summed E-state index contributed by atoms with van der Waals surface area (Å²) in [7, 11) is 0. The molecule has 0 saturated carbocycles. The SMILES string of the molecule is CC(=O)N(NCc1cccc(F)c1Cl)[C@@H](CNCC(F)F)CONC(=O)N1C=Cc2ccccc2C1. The number of rotatable bonds is 11. The highest BCUT2D eigenvalue weighted by molar-refractivity contribution is 6.31. The van der Waals surface area contributed by atoms with Gasteiger partial charge in [0.25, 0.3) is 6.43 Å². The van der Waals surface area contributed by atoms with E-state index in [1.54, 1.807) is 18.3 Å². The van der Waals surface area contributed by atoms with Crippen LogP contribution in [-0.4, -0.2) is 54.0 Å². The molecule has 1 aliphatic rings. The van der Waals surface area contributed by atoms with Gasteiger partial charge >= 0.3 is 6.03 Å². The Balaban J connectivity index is 1.61. The van der Waals surface area contributed by atoms with Crippen LogP contribution in [0.25, 0.3) is 6.08 Å². The van der Waals surface area contributed by atoms with E-state index in [-0.39, 0.29) is 24.7 Å². The lowest BCUT2D eigenvalue weighted by atomic mass is 10.0. The fourth-order valence-corrected chi connectivity index (χ4v) is 3.77. The molecular weight excluding hydrogens is 499 g/mol. The molecule has 1 aliphatic heterocycles. The van der Waals surface area contributed by atoms with Crippen LogP contribution in [0.3, 0.4) is 0 Å². The van der Waals surface area contributed by atoms with Crippen LogP contribution in [0.15, 0.2) is 48.7 Å². The third-order valence-electron chi connectivity index (χ3n) is 5.38. The minimum atomic E-state index is -2.59. The molecule has 1 atom stereocenters. The highest BCUT2D eigenvalue weighted by Gasteiger charge is 2.24. The number of hydrazine groups is 1. The molecule has 2 aromatic rings. The normalized spacial score (nSPS) is 13.4. The average Bonchev–Trinajstić information content (AvgIpc) is 2.85. The molecule has 12 heteroatoms. The summed E-state index contributed by atoms with van der Waals surface area (Å²) in [6.45, 7) is 0.722. The molecule has 0 unspecified atom stereocenters. The molecule has 0 radical (unpaired) electrons. The Morgan fingerprint density at radius 3 is 2.69 bits per heavy atom. The molecular formula is C24H27ClF3N5O3. The maximum absolute atomic E-state index is 13.8. The maximum Gasteiger partial charge on any atom is 0.345 e. The zero-order valence-electron chi connectivity index (χ0n) is 19.5. The van der Waals surface area contributed by atoms with Gasteiger partial charge in [-0.3, -0.25) is 19.5 Å². The number of amides is 3. The Kier molecular flexibility index (Phi) is 10.1. The molecule has 0 spiro atoms. The van der Waals surface area contributed by atoms with E-state index >= 15 is 0 Å². The van der Waals surface area contributed by atoms with Gasteiger partial charge in [0, 0.05) is 26.2 Å². The van der Waals surface area contributed by atoms with Crippen molar-refractivity contribution in [1.82, 2.24) is 26.1 Å². The lowest BCUT2D eigenvalue weighted by molar-refractivity contribution is -0.137. The zero-order valence-corrected chi connectivity index (χ0v) is 20.3. The van der Waals surface area contributed by atoms with Crippen molar-refractivity contribution < 1.29 is 27.6 Å². The molecule has 194 valence electrons. The van der Waals surface area contributed by atoms with Gasteiger partial charge in [-0.1, -0.05) is 48.0 Å². The first-order chi connectivity index (χ1) is 17.3. The van der Waals surface area contributed by atoms with E-state index in [9.17, 15) is 22.8 Å². The summed E-state index contributed by atoms with van der Waals surface area (Å²) < 4.78 is 39.1. The Morgan fingerprint density at radius 1 is 1.17 bits per heavy atom. The topological polar surface area (TPSA) is 85.9 Å². The van der Waals surface area contributed by atoms with E-state index in [1.807, 2.05) is 24.3 Å². The van der Waals surface area contributed by atoms with Gasteiger partial charge in [-0.2, -0.15) is 0 Å². The monoisotopic (exact) mass is 525 g/mol. The smallest absolute Gasteiger partial charge is 0.309 e. The fourth-order valence-electron chi connectivity index (χ4n) is 3.58. The van der Waals surface area contributed by atoms with Gasteiger partial charge in [0.2, 0.25) is 5.91 Å². The maximum atomic E-state index is 13.8. The summed E-state index contributed by atoms with van der Waals surface area (Å²) in [6.07, 6.45) is 0.827. The number of hydrogen-bond donors (Lipinski definition) is 3. The van der Waals surface area contributed by atoms with Gasteiger partial charge < -0.3 is 5.32 Å². The summed E-state index contributed by atoms with van der Waals surface area (Å²) in [5.41, 5.74) is 7.54. The molecule has 3 N–H and O–H groups in total. The van der Waals surface area contributed by atoms with Crippen LogP contribution in [0.4, 0.5) is 18.0 Å². The molecule has 1 heterocycles. The number of urea groups is 1. The van der Waals surface area contributed by atoms with Crippen molar-refractivity contribution in [2.24, 2.45) is 0 Å². The van der Waals surface area contributed by atoms with Gasteiger partial charge in [-0.15, -0.1) is 0 Å². The molecule has 36 heavy (non-hydrogen) atoms. The predicted octanol–water partition coefficient (Wildman–Crippen LogP) is 3.68. The number of halogens is 4. The molecule has 0 aromatic heterocycles. The minimum absolute atomic E-state index is 0.00807. The lowest BCUT2D eigenvalue weighted by Crippen LogP contribution is -2.55. The Morgan fingerprint density at radius 2 is 1.94 bits per heavy atom. The van der Waals surface area contributed by atoms with Gasteiger partial charge in [-0.05, 0) is 28.8 Å². The van der Waals surface area contributed by atoms with Crippen molar-refractivity contribution in [3.05, 3.63) is 76.2 Å². The van der Waals surface area contributed by atoms with Gasteiger partial charge in [0.1, 0.15) is 5.82 Å². The quantitative estimate of drug-likeness (QED) is 0.390. The van der Waals surface area contributed by atoms with E-state index in [0.29, 0.717) is 12.1 Å². The number of hydrogen-bond acceptors (Lipinski definition) is 5. The van der Waals surface area contributed by atoms with E-state index in [1.165, 1.54) is 29.0 Å². The molecule has 0 bridgehead atoms. The van der Waals surface area contributed by atoms with Crippen molar-refractivity contribution in [1.29, 1.82) is 0 Å². The summed E-state index contributed by atoms with van der Waals surface area (Å²) in [4.78, 5) is 31.7. The van der Waals surface area contributed by atoms with E-state index < -0.39 is 36.8 Å². The molecule has 0 saturated heterocycles. The zero-order chi connectivity index (χ0) is 26.1. The summed E-state index contributed by atoms with van der Waals surface area (Å²) in [5, 5.41) is 3.64. The minimum Gasteiger partial charge on any atom is -0.309 e. The highest BCUT2D eigenvalue weighted by atomic mass is 35.5. The molecule has 3 rings (SSSR count). The summed E-state index contributed by atoms with van der Waals surface area (Å²) in [6, 6.07) is 10.6. The largest absolute Gasteiger partial charge is 0.345 e. The number of nitrogens with one attached hydrogen (secondary N) is 3. The number of carbonyl (C=O) groups is 2. The number of nitrogens with zero attached hydrogens (tertiary/aromatic N) is 2. The Labute approximate surface area is 212 Å². The third kappa shape index (κ3) is 7.69. The van der Waals surface area contributed by atoms with Gasteiger partial charge in [0.15, 0.2) is 0 Å². The first-order valence-electron chi connectivity index (χ1n) is 11.2. The standard InChI is InChI=1S/C24H27ClF3N5O3/c1-16(34)33(30-11-18-7-4-8-21(26)23(18)25)20(12-29-13-22(27)28)15-36-31-24(35)32-10-9-17-5-2-3-6-19(17)14-32/h2-10,20,22,29-30H,11-15H2,1H3,(H,31,35)/t20-/m0/s1. The number of benzene rings is 2. The predicted molar refractivity (Wildman–Crippen MR) is 129 cm³/mol. The fraction of sp³-hybridized carbons (Fsp3) is 0.333. The van der Waals surface area contributed by atoms with Crippen LogP contribution >= 0.6 is 11.6 Å². The lowest BCUT2D eigenvalue weighted by Gasteiger charge is -2.32. The number of fused-ring (bicyclic) bond motifs is 1. The van der Waals surface area contributed by atoms with Crippen molar-refractivity contribution in [3.63, 3.8) is 0 Å². The van der Waals surface area contributed by atoms with Crippen LogP contribution < -0.4 is 16.2 Å². The highest BCUT2D eigenvalue weighted by Crippen LogP contribution is 2.20. The van der Waals surface area contributed by atoms with E-state index in [0.717, 1.165) is 11.1 Å².